The van der Waals surface area contributed by atoms with Gasteiger partial charge in [-0.25, -0.2) is 15.0 Å². The SMILES string of the molecule is CCl.C[C@@H]1C(O[Si](C)(C)C(C)(C)C)[C@H](n2cnc3c(N)ncnc32)O[C@@H]1CO[Si](C)(C)C(C)(C)C. The molecule has 2 aromatic rings. The van der Waals surface area contributed by atoms with Crippen LogP contribution in [0, 0.1) is 5.92 Å². The first-order chi connectivity index (χ1) is 16.0. The highest BCUT2D eigenvalue weighted by Crippen LogP contribution is 2.45. The van der Waals surface area contributed by atoms with Crippen molar-refractivity contribution < 1.29 is 13.6 Å². The summed E-state index contributed by atoms with van der Waals surface area (Å²) < 4.78 is 22.1. The van der Waals surface area contributed by atoms with Crippen molar-refractivity contribution in [2.75, 3.05) is 18.7 Å². The van der Waals surface area contributed by atoms with Crippen LogP contribution in [0.25, 0.3) is 11.2 Å². The number of anilines is 1. The number of ether oxygens (including phenoxy) is 1. The molecule has 0 aliphatic carbocycles. The Morgan fingerprint density at radius 3 is 2.11 bits per heavy atom. The normalized spacial score (nSPS) is 23.9. The van der Waals surface area contributed by atoms with Crippen molar-refractivity contribution in [3.05, 3.63) is 12.7 Å². The van der Waals surface area contributed by atoms with Crippen LogP contribution in [0.5, 0.6) is 0 Å². The molecule has 1 aliphatic heterocycles. The van der Waals surface area contributed by atoms with E-state index in [9.17, 15) is 0 Å². The summed E-state index contributed by atoms with van der Waals surface area (Å²) in [7, 11) is -3.98. The summed E-state index contributed by atoms with van der Waals surface area (Å²) in [6, 6.07) is 0. The highest BCUT2D eigenvalue weighted by Gasteiger charge is 2.50. The van der Waals surface area contributed by atoms with Gasteiger partial charge < -0.3 is 19.3 Å². The van der Waals surface area contributed by atoms with Gasteiger partial charge in [-0.2, -0.15) is 0 Å². The molecule has 11 heteroatoms. The zero-order valence-corrected chi connectivity index (χ0v) is 26.4. The van der Waals surface area contributed by atoms with E-state index in [0.29, 0.717) is 23.6 Å². The standard InChI is InChI=1S/C23H43N5O3Si2.CH3Cl/c1-15-16(12-29-32(8,9)22(2,3)4)30-21(18(15)31-33(10,11)23(5,6)7)28-14-27-17-19(24)25-13-26-20(17)28;1-2/h13-16,18,21H,12H2,1-11H3,(H2,24,25,26);1H3/t15-,16+,18?,21+;/m0./s1. The van der Waals surface area contributed by atoms with Crippen LogP contribution in [0.3, 0.4) is 0 Å². The van der Waals surface area contributed by atoms with Crippen molar-refractivity contribution in [3.8, 4) is 0 Å². The van der Waals surface area contributed by atoms with Crippen molar-refractivity contribution in [1.29, 1.82) is 0 Å². The second-order valence-corrected chi connectivity index (χ2v) is 22.0. The number of hydrogen-bond donors (Lipinski definition) is 1. The Morgan fingerprint density at radius 2 is 1.57 bits per heavy atom. The first-order valence-corrected chi connectivity index (χ1v) is 18.8. The molecule has 0 radical (unpaired) electrons. The van der Waals surface area contributed by atoms with Gasteiger partial charge in [0.2, 0.25) is 0 Å². The maximum Gasteiger partial charge on any atom is 0.192 e. The van der Waals surface area contributed by atoms with Crippen molar-refractivity contribution in [1.82, 2.24) is 19.5 Å². The molecule has 4 atom stereocenters. The van der Waals surface area contributed by atoms with Crippen molar-refractivity contribution >= 4 is 45.2 Å². The number of hydrogen-bond acceptors (Lipinski definition) is 7. The van der Waals surface area contributed by atoms with Gasteiger partial charge in [0.05, 0.1) is 25.1 Å². The summed E-state index contributed by atoms with van der Waals surface area (Å²) in [4.78, 5) is 13.0. The molecule has 2 aromatic heterocycles. The molecule has 1 aliphatic rings. The Morgan fingerprint density at radius 1 is 1.00 bits per heavy atom. The summed E-state index contributed by atoms with van der Waals surface area (Å²) in [6.45, 7) is 25.4. The van der Waals surface area contributed by atoms with Gasteiger partial charge in [-0.15, -0.1) is 11.6 Å². The van der Waals surface area contributed by atoms with Crippen LogP contribution in [-0.4, -0.2) is 61.4 Å². The molecule has 0 bridgehead atoms. The zero-order valence-electron chi connectivity index (χ0n) is 23.6. The number of fused-ring (bicyclic) bond motifs is 1. The lowest BCUT2D eigenvalue weighted by Gasteiger charge is -2.40. The minimum absolute atomic E-state index is 0.0800. The summed E-state index contributed by atoms with van der Waals surface area (Å²) in [5, 5.41) is 0.219. The minimum Gasteiger partial charge on any atom is -0.414 e. The number of nitrogen functional groups attached to an aromatic ring is 1. The molecule has 0 aromatic carbocycles. The van der Waals surface area contributed by atoms with E-state index in [2.05, 4.69) is 101 Å². The Labute approximate surface area is 218 Å². The van der Waals surface area contributed by atoms with Gasteiger partial charge in [-0.3, -0.25) is 4.57 Å². The van der Waals surface area contributed by atoms with Gasteiger partial charge in [0.25, 0.3) is 0 Å². The van der Waals surface area contributed by atoms with Crippen LogP contribution >= 0.6 is 11.6 Å². The first kappa shape index (κ1) is 30.2. The van der Waals surface area contributed by atoms with Crippen LogP contribution in [-0.2, 0) is 13.6 Å². The average molecular weight is 544 g/mol. The molecule has 8 nitrogen and oxygen atoms in total. The van der Waals surface area contributed by atoms with E-state index in [-0.39, 0.29) is 34.4 Å². The number of halogens is 1. The van der Waals surface area contributed by atoms with Crippen molar-refractivity contribution in [2.45, 2.75) is 103 Å². The smallest absolute Gasteiger partial charge is 0.192 e. The summed E-state index contributed by atoms with van der Waals surface area (Å²) in [5.41, 5.74) is 7.29. The van der Waals surface area contributed by atoms with Crippen molar-refractivity contribution in [3.63, 3.8) is 0 Å². The molecule has 3 heterocycles. The lowest BCUT2D eigenvalue weighted by molar-refractivity contribution is -0.0450. The predicted molar refractivity (Wildman–Crippen MR) is 150 cm³/mol. The maximum atomic E-state index is 6.97. The number of nitrogens with zero attached hydrogens (tertiary/aromatic N) is 4. The van der Waals surface area contributed by atoms with Gasteiger partial charge >= 0.3 is 0 Å². The molecule has 0 spiro atoms. The molecule has 0 amide bonds. The zero-order chi connectivity index (χ0) is 27.0. The predicted octanol–water partition coefficient (Wildman–Crippen LogP) is 6.21. The van der Waals surface area contributed by atoms with E-state index < -0.39 is 16.6 Å². The monoisotopic (exact) mass is 543 g/mol. The number of rotatable bonds is 6. The van der Waals surface area contributed by atoms with Crippen LogP contribution in [0.1, 0.15) is 54.7 Å². The summed E-state index contributed by atoms with van der Waals surface area (Å²) >= 11 is 4.64. The van der Waals surface area contributed by atoms with E-state index in [1.54, 1.807) is 6.33 Å². The van der Waals surface area contributed by atoms with Crippen LogP contribution in [0.2, 0.25) is 36.3 Å². The molecular weight excluding hydrogens is 498 g/mol. The molecule has 2 N–H and O–H groups in total. The number of imidazole rings is 1. The number of aromatic nitrogens is 4. The quantitative estimate of drug-likeness (QED) is 0.341. The summed E-state index contributed by atoms with van der Waals surface area (Å²) in [5.74, 6) is 0.509. The van der Waals surface area contributed by atoms with Crippen LogP contribution in [0.15, 0.2) is 12.7 Å². The fraction of sp³-hybridized carbons (Fsp3) is 0.792. The molecule has 0 saturated carbocycles. The highest BCUT2D eigenvalue weighted by atomic mass is 35.5. The minimum atomic E-state index is -2.07. The molecule has 35 heavy (non-hydrogen) atoms. The third-order valence-corrected chi connectivity index (χ3v) is 17.0. The van der Waals surface area contributed by atoms with Crippen molar-refractivity contribution in [2.24, 2.45) is 5.92 Å². The number of nitrogens with two attached hydrogens (primary N) is 1. The Bertz CT molecular complexity index is 988. The van der Waals surface area contributed by atoms with E-state index in [4.69, 9.17) is 19.3 Å². The van der Waals surface area contributed by atoms with E-state index >= 15 is 0 Å². The lowest BCUT2D eigenvalue weighted by atomic mass is 10.0. The Hall–Kier alpha value is -1.05. The van der Waals surface area contributed by atoms with E-state index in [1.165, 1.54) is 12.7 Å². The fourth-order valence-electron chi connectivity index (χ4n) is 3.51. The largest absolute Gasteiger partial charge is 0.414 e. The van der Waals surface area contributed by atoms with E-state index in [0.717, 1.165) is 0 Å². The molecule has 200 valence electrons. The third kappa shape index (κ3) is 6.27. The van der Waals surface area contributed by atoms with Gasteiger partial charge in [0.1, 0.15) is 11.8 Å². The number of alkyl halides is 1. The second kappa shape index (κ2) is 10.7. The highest BCUT2D eigenvalue weighted by molar-refractivity contribution is 6.74. The van der Waals surface area contributed by atoms with Gasteiger partial charge in [0.15, 0.2) is 34.3 Å². The molecular formula is C24H46ClN5O3Si2. The lowest BCUT2D eigenvalue weighted by Crippen LogP contribution is -2.47. The fourth-order valence-corrected chi connectivity index (χ4v) is 5.89. The summed E-state index contributed by atoms with van der Waals surface area (Å²) in [6.07, 6.45) is 4.09. The van der Waals surface area contributed by atoms with Crippen LogP contribution in [0.4, 0.5) is 5.82 Å². The molecule has 1 saturated heterocycles. The molecule has 3 rings (SSSR count). The topological polar surface area (TPSA) is 97.3 Å². The molecule has 1 fully saturated rings. The maximum absolute atomic E-state index is 6.97. The second-order valence-electron chi connectivity index (χ2n) is 12.4. The Kier molecular flexibility index (Phi) is 9.27. The first-order valence-electron chi connectivity index (χ1n) is 12.2. The Balaban J connectivity index is 0.00000210. The van der Waals surface area contributed by atoms with Gasteiger partial charge in [0, 0.05) is 12.3 Å². The van der Waals surface area contributed by atoms with Gasteiger partial charge in [-0.05, 0) is 36.3 Å². The van der Waals surface area contributed by atoms with Crippen LogP contribution < -0.4 is 5.73 Å². The molecule has 1 unspecified atom stereocenters. The van der Waals surface area contributed by atoms with E-state index in [1.807, 2.05) is 4.57 Å². The third-order valence-electron chi connectivity index (χ3n) is 8.01. The van der Waals surface area contributed by atoms with Gasteiger partial charge in [-0.1, -0.05) is 48.5 Å². The average Bonchev–Trinajstić information content (AvgIpc) is 3.29.